The molecule has 0 bridgehead atoms. The summed E-state index contributed by atoms with van der Waals surface area (Å²) in [6.45, 7) is 3.14. The molecule has 0 saturated carbocycles. The van der Waals surface area contributed by atoms with Crippen LogP contribution >= 0.6 is 34.8 Å². The van der Waals surface area contributed by atoms with Crippen LogP contribution in [0.4, 0.5) is 11.4 Å². The van der Waals surface area contributed by atoms with Gasteiger partial charge in [-0.1, -0.05) is 34.8 Å². The Morgan fingerprint density at radius 3 is 2.56 bits per heavy atom. The molecular formula is C22H14Cl3N3O4. The van der Waals surface area contributed by atoms with Gasteiger partial charge in [-0.25, -0.2) is 4.98 Å². The molecule has 0 unspecified atom stereocenters. The predicted octanol–water partition coefficient (Wildman–Crippen LogP) is 7.44. The molecule has 1 N–H and O–H groups in total. The monoisotopic (exact) mass is 489 g/mol. The van der Waals surface area contributed by atoms with Crippen molar-refractivity contribution in [1.29, 1.82) is 0 Å². The number of phenols is 1. The van der Waals surface area contributed by atoms with Gasteiger partial charge in [-0.3, -0.25) is 15.1 Å². The number of halogens is 3. The molecule has 0 amide bonds. The number of nitro benzene ring substituents is 1. The van der Waals surface area contributed by atoms with Crippen LogP contribution in [0.3, 0.4) is 0 Å². The first kappa shape index (κ1) is 22.1. The van der Waals surface area contributed by atoms with Gasteiger partial charge in [0.25, 0.3) is 0 Å². The lowest BCUT2D eigenvalue weighted by molar-refractivity contribution is -0.386. The normalized spacial score (nSPS) is 11.5. The largest absolute Gasteiger partial charge is 0.502 e. The van der Waals surface area contributed by atoms with E-state index >= 15 is 0 Å². The molecule has 1 heterocycles. The lowest BCUT2D eigenvalue weighted by Crippen LogP contribution is -1.99. The van der Waals surface area contributed by atoms with E-state index in [4.69, 9.17) is 39.2 Å². The van der Waals surface area contributed by atoms with E-state index in [1.165, 1.54) is 13.1 Å². The molecular weight excluding hydrogens is 477 g/mol. The van der Waals surface area contributed by atoms with Crippen molar-refractivity contribution in [3.05, 3.63) is 78.3 Å². The number of aromatic hydroxyl groups is 1. The Morgan fingerprint density at radius 2 is 1.88 bits per heavy atom. The quantitative estimate of drug-likeness (QED) is 0.182. The van der Waals surface area contributed by atoms with E-state index in [1.807, 2.05) is 0 Å². The average Bonchev–Trinajstić information content (AvgIpc) is 3.15. The van der Waals surface area contributed by atoms with Crippen molar-refractivity contribution < 1.29 is 14.4 Å². The Bertz CT molecular complexity index is 1430. The van der Waals surface area contributed by atoms with Gasteiger partial charge < -0.3 is 9.52 Å². The third kappa shape index (κ3) is 3.90. The fourth-order valence-corrected chi connectivity index (χ4v) is 3.96. The number of nitro groups is 1. The Kier molecular flexibility index (Phi) is 5.81. The standard InChI is InChI=1S/C22H14Cl3N3O4/c1-10-15(21(29)20(28(30)31)11(2)19(10)25)9-26-13-4-6-18-17(8-13)27-22(32-18)14-5-3-12(23)7-16(14)24/h3-9,29H,1-2H3. The number of aliphatic imine (C=N–C) groups is 1. The van der Waals surface area contributed by atoms with Crippen LogP contribution in [0.1, 0.15) is 16.7 Å². The van der Waals surface area contributed by atoms with E-state index in [2.05, 4.69) is 9.98 Å². The zero-order valence-corrected chi connectivity index (χ0v) is 19.0. The van der Waals surface area contributed by atoms with Gasteiger partial charge in [-0.15, -0.1) is 0 Å². The van der Waals surface area contributed by atoms with Gasteiger partial charge in [-0.2, -0.15) is 0 Å². The maximum Gasteiger partial charge on any atom is 0.315 e. The van der Waals surface area contributed by atoms with Crippen LogP contribution < -0.4 is 0 Å². The number of benzene rings is 3. The molecule has 3 aromatic carbocycles. The van der Waals surface area contributed by atoms with E-state index in [0.29, 0.717) is 43.9 Å². The molecule has 162 valence electrons. The fourth-order valence-electron chi connectivity index (χ4n) is 3.28. The molecule has 0 saturated heterocycles. The predicted molar refractivity (Wildman–Crippen MR) is 126 cm³/mol. The minimum atomic E-state index is -0.668. The summed E-state index contributed by atoms with van der Waals surface area (Å²) in [6.07, 6.45) is 1.33. The van der Waals surface area contributed by atoms with Crippen molar-refractivity contribution in [2.75, 3.05) is 0 Å². The second-order valence-corrected chi connectivity index (χ2v) is 8.21. The molecule has 4 rings (SSSR count). The summed E-state index contributed by atoms with van der Waals surface area (Å²) in [4.78, 5) is 19.5. The van der Waals surface area contributed by atoms with Crippen LogP contribution in [0.2, 0.25) is 15.1 Å². The van der Waals surface area contributed by atoms with Gasteiger partial charge in [0, 0.05) is 22.4 Å². The highest BCUT2D eigenvalue weighted by atomic mass is 35.5. The molecule has 32 heavy (non-hydrogen) atoms. The van der Waals surface area contributed by atoms with Crippen molar-refractivity contribution >= 4 is 63.5 Å². The number of aromatic nitrogens is 1. The summed E-state index contributed by atoms with van der Waals surface area (Å²) in [5.41, 5.74) is 2.56. The summed E-state index contributed by atoms with van der Waals surface area (Å²) in [5.74, 6) is -0.155. The Labute approximate surface area is 197 Å². The second kappa shape index (κ2) is 8.43. The molecule has 0 aliphatic rings. The van der Waals surface area contributed by atoms with Gasteiger partial charge in [0.2, 0.25) is 11.6 Å². The molecule has 10 heteroatoms. The van der Waals surface area contributed by atoms with Crippen LogP contribution in [0, 0.1) is 24.0 Å². The average molecular weight is 491 g/mol. The first-order valence-electron chi connectivity index (χ1n) is 9.23. The SMILES string of the molecule is Cc1c(Cl)c(C)c([N+](=O)[O-])c(O)c1C=Nc1ccc2oc(-c3ccc(Cl)cc3Cl)nc2c1. The number of nitrogens with zero attached hydrogens (tertiary/aromatic N) is 3. The van der Waals surface area contributed by atoms with Gasteiger partial charge in [-0.05, 0) is 55.8 Å². The number of fused-ring (bicyclic) bond motifs is 1. The van der Waals surface area contributed by atoms with E-state index < -0.39 is 16.4 Å². The molecule has 0 radical (unpaired) electrons. The first-order chi connectivity index (χ1) is 15.2. The van der Waals surface area contributed by atoms with E-state index in [1.54, 1.807) is 43.3 Å². The summed E-state index contributed by atoms with van der Waals surface area (Å²) in [7, 11) is 0. The Hall–Kier alpha value is -3.13. The number of hydrogen-bond acceptors (Lipinski definition) is 6. The Morgan fingerprint density at radius 1 is 1.12 bits per heavy atom. The lowest BCUT2D eigenvalue weighted by Gasteiger charge is -2.10. The van der Waals surface area contributed by atoms with Crippen LogP contribution in [-0.4, -0.2) is 21.2 Å². The maximum atomic E-state index is 11.3. The van der Waals surface area contributed by atoms with Gasteiger partial charge in [0.05, 0.1) is 26.2 Å². The van der Waals surface area contributed by atoms with Gasteiger partial charge >= 0.3 is 5.69 Å². The van der Waals surface area contributed by atoms with Crippen molar-refractivity contribution in [2.45, 2.75) is 13.8 Å². The summed E-state index contributed by atoms with van der Waals surface area (Å²) in [5, 5.41) is 22.9. The molecule has 7 nitrogen and oxygen atoms in total. The molecule has 4 aromatic rings. The highest BCUT2D eigenvalue weighted by Gasteiger charge is 2.25. The zero-order valence-electron chi connectivity index (χ0n) is 16.7. The molecule has 0 fully saturated rings. The van der Waals surface area contributed by atoms with Crippen molar-refractivity contribution in [3.63, 3.8) is 0 Å². The molecule has 0 atom stereocenters. The van der Waals surface area contributed by atoms with E-state index in [9.17, 15) is 15.2 Å². The number of oxazole rings is 1. The van der Waals surface area contributed by atoms with Crippen LogP contribution in [-0.2, 0) is 0 Å². The number of phenolic OH excluding ortho intramolecular Hbond substituents is 1. The smallest absolute Gasteiger partial charge is 0.315 e. The zero-order chi connectivity index (χ0) is 23.2. The highest BCUT2D eigenvalue weighted by molar-refractivity contribution is 6.36. The van der Waals surface area contributed by atoms with Crippen molar-refractivity contribution in [2.24, 2.45) is 4.99 Å². The van der Waals surface area contributed by atoms with Crippen LogP contribution in [0.5, 0.6) is 5.75 Å². The minimum absolute atomic E-state index is 0.168. The lowest BCUT2D eigenvalue weighted by atomic mass is 10.0. The molecule has 0 aliphatic carbocycles. The van der Waals surface area contributed by atoms with Crippen LogP contribution in [0.25, 0.3) is 22.6 Å². The van der Waals surface area contributed by atoms with E-state index in [-0.39, 0.29) is 16.1 Å². The third-order valence-electron chi connectivity index (χ3n) is 4.96. The van der Waals surface area contributed by atoms with E-state index in [0.717, 1.165) is 0 Å². The summed E-state index contributed by atoms with van der Waals surface area (Å²) in [6, 6.07) is 10.1. The summed E-state index contributed by atoms with van der Waals surface area (Å²) >= 11 is 18.4. The van der Waals surface area contributed by atoms with Gasteiger partial charge in [0.15, 0.2) is 5.58 Å². The van der Waals surface area contributed by atoms with Crippen LogP contribution in [0.15, 0.2) is 45.8 Å². The molecule has 1 aromatic heterocycles. The second-order valence-electron chi connectivity index (χ2n) is 6.99. The summed E-state index contributed by atoms with van der Waals surface area (Å²) < 4.78 is 5.78. The third-order valence-corrected chi connectivity index (χ3v) is 6.07. The highest BCUT2D eigenvalue weighted by Crippen LogP contribution is 2.40. The fraction of sp³-hybridized carbons (Fsp3) is 0.0909. The van der Waals surface area contributed by atoms with Gasteiger partial charge in [0.1, 0.15) is 5.52 Å². The maximum absolute atomic E-state index is 11.3. The van der Waals surface area contributed by atoms with Crippen molar-refractivity contribution in [3.8, 4) is 17.2 Å². The molecule has 0 aliphatic heterocycles. The minimum Gasteiger partial charge on any atom is -0.502 e. The number of hydrogen-bond donors (Lipinski definition) is 1. The topological polar surface area (TPSA) is 102 Å². The number of rotatable bonds is 4. The van der Waals surface area contributed by atoms with Crippen molar-refractivity contribution in [1.82, 2.24) is 4.98 Å². The first-order valence-corrected chi connectivity index (χ1v) is 10.4. The molecule has 0 spiro atoms. The Balaban J connectivity index is 1.74.